The second kappa shape index (κ2) is 6.86. The molecule has 0 aliphatic carbocycles. The van der Waals surface area contributed by atoms with E-state index in [-0.39, 0.29) is 5.56 Å². The second-order valence-electron chi connectivity index (χ2n) is 5.93. The molecule has 0 radical (unpaired) electrons. The molecule has 22 heavy (non-hydrogen) atoms. The molecule has 4 heteroatoms. The van der Waals surface area contributed by atoms with Gasteiger partial charge >= 0.3 is 0 Å². The van der Waals surface area contributed by atoms with Gasteiger partial charge in [0, 0.05) is 18.5 Å². The molecule has 0 saturated carbocycles. The number of unbranched alkanes of at least 4 members (excludes halogenated alkanes) is 1. The van der Waals surface area contributed by atoms with E-state index in [1.165, 1.54) is 24.0 Å². The quantitative estimate of drug-likeness (QED) is 0.795. The molecule has 0 atom stereocenters. The van der Waals surface area contributed by atoms with Crippen LogP contribution < -0.4 is 15.3 Å². The summed E-state index contributed by atoms with van der Waals surface area (Å²) in [6.07, 6.45) is 7.61. The van der Waals surface area contributed by atoms with Crippen LogP contribution in [-0.4, -0.2) is 24.4 Å². The van der Waals surface area contributed by atoms with Crippen LogP contribution in [0.5, 0.6) is 0 Å². The maximum Gasteiger partial charge on any atom is 0.291 e. The summed E-state index contributed by atoms with van der Waals surface area (Å²) in [5.41, 5.74) is 1.05. The number of benzene rings is 1. The van der Waals surface area contributed by atoms with E-state index in [0.717, 1.165) is 42.4 Å². The number of hydrogen-bond donors (Lipinski definition) is 0. The Morgan fingerprint density at radius 3 is 2.55 bits per heavy atom. The monoisotopic (exact) mass is 300 g/mol. The number of fused-ring (bicyclic) bond motifs is 1. The molecule has 0 spiro atoms. The molecule has 1 aromatic heterocycles. The first kappa shape index (κ1) is 14.9. The Kier molecular flexibility index (Phi) is 4.66. The molecule has 0 amide bonds. The molecule has 1 fully saturated rings. The predicted octanol–water partition coefficient (Wildman–Crippen LogP) is 3.22. The first-order valence-corrected chi connectivity index (χ1v) is 8.34. The highest BCUT2D eigenvalue weighted by Crippen LogP contribution is 2.26. The molecule has 4 nitrogen and oxygen atoms in total. The highest BCUT2D eigenvalue weighted by molar-refractivity contribution is 5.93. The van der Waals surface area contributed by atoms with Gasteiger partial charge in [-0.1, -0.05) is 31.5 Å². The van der Waals surface area contributed by atoms with Gasteiger partial charge in [0.25, 0.3) is 5.56 Å². The molecule has 0 bridgehead atoms. The maximum atomic E-state index is 12.6. The van der Waals surface area contributed by atoms with E-state index in [0.29, 0.717) is 6.61 Å². The van der Waals surface area contributed by atoms with Crippen LogP contribution in [-0.2, 0) is 0 Å². The summed E-state index contributed by atoms with van der Waals surface area (Å²) in [5, 5.41) is 1.77. The lowest BCUT2D eigenvalue weighted by molar-refractivity contribution is 0.101. The molecule has 118 valence electrons. The van der Waals surface area contributed by atoms with Gasteiger partial charge in [0.2, 0.25) is 0 Å². The van der Waals surface area contributed by atoms with Gasteiger partial charge in [0.1, 0.15) is 6.61 Å². The summed E-state index contributed by atoms with van der Waals surface area (Å²) in [6, 6.07) is 7.85. The molecule has 2 aromatic rings. The fraction of sp³-hybridized carbons (Fsp3) is 0.500. The summed E-state index contributed by atoms with van der Waals surface area (Å²) in [5.74, 6) is 0. The minimum atomic E-state index is -0.0625. The predicted molar refractivity (Wildman–Crippen MR) is 90.6 cm³/mol. The third-order valence-electron chi connectivity index (χ3n) is 4.30. The van der Waals surface area contributed by atoms with Crippen molar-refractivity contribution in [2.45, 2.75) is 39.0 Å². The number of rotatable bonds is 5. The summed E-state index contributed by atoms with van der Waals surface area (Å²) >= 11 is 0. The normalized spacial score (nSPS) is 15.2. The first-order chi connectivity index (χ1) is 10.8. The van der Waals surface area contributed by atoms with Crippen molar-refractivity contribution in [3.05, 3.63) is 40.8 Å². The molecular formula is C18H24N2O2. The van der Waals surface area contributed by atoms with E-state index in [2.05, 4.69) is 11.8 Å². The van der Waals surface area contributed by atoms with Crippen LogP contribution in [0.15, 0.2) is 35.3 Å². The van der Waals surface area contributed by atoms with Gasteiger partial charge in [-0.25, -0.2) is 0 Å². The standard InChI is InChI=1S/C18H24N2O2/c1-2-3-13-22-20-14-17(19-11-7-4-8-12-19)15-9-5-6-10-16(15)18(20)21/h5-6,9-10,14H,2-4,7-8,11-13H2,1H3. The molecule has 1 aliphatic heterocycles. The average molecular weight is 300 g/mol. The Labute approximate surface area is 131 Å². The van der Waals surface area contributed by atoms with Crippen LogP contribution in [0.1, 0.15) is 39.0 Å². The van der Waals surface area contributed by atoms with Crippen LogP contribution in [0.3, 0.4) is 0 Å². The van der Waals surface area contributed by atoms with E-state index in [4.69, 9.17) is 4.84 Å². The molecule has 1 saturated heterocycles. The zero-order valence-electron chi connectivity index (χ0n) is 13.3. The number of piperidine rings is 1. The Morgan fingerprint density at radius 2 is 1.82 bits per heavy atom. The lowest BCUT2D eigenvalue weighted by Crippen LogP contribution is -2.33. The zero-order chi connectivity index (χ0) is 15.4. The average Bonchev–Trinajstić information content (AvgIpc) is 2.58. The van der Waals surface area contributed by atoms with E-state index in [1.54, 1.807) is 0 Å². The smallest absolute Gasteiger partial charge is 0.291 e. The third-order valence-corrected chi connectivity index (χ3v) is 4.30. The molecule has 1 aliphatic rings. The van der Waals surface area contributed by atoms with Crippen LogP contribution in [0.2, 0.25) is 0 Å². The highest BCUT2D eigenvalue weighted by Gasteiger charge is 2.17. The topological polar surface area (TPSA) is 34.5 Å². The van der Waals surface area contributed by atoms with Crippen molar-refractivity contribution in [2.75, 3.05) is 24.6 Å². The SMILES string of the molecule is CCCCOn1cc(N2CCCCC2)c2ccccc2c1=O. The minimum Gasteiger partial charge on any atom is -0.411 e. The third kappa shape index (κ3) is 2.96. The van der Waals surface area contributed by atoms with Crippen molar-refractivity contribution < 1.29 is 4.84 Å². The van der Waals surface area contributed by atoms with Gasteiger partial charge < -0.3 is 9.74 Å². The molecule has 2 heterocycles. The van der Waals surface area contributed by atoms with Gasteiger partial charge in [0.15, 0.2) is 0 Å². The Hall–Kier alpha value is -1.97. The lowest BCUT2D eigenvalue weighted by atomic mass is 10.1. The van der Waals surface area contributed by atoms with Crippen LogP contribution in [0.25, 0.3) is 10.8 Å². The van der Waals surface area contributed by atoms with Crippen molar-refractivity contribution >= 4 is 16.5 Å². The number of anilines is 1. The fourth-order valence-electron chi connectivity index (χ4n) is 3.04. The molecule has 1 aromatic carbocycles. The van der Waals surface area contributed by atoms with Gasteiger partial charge in [-0.15, -0.1) is 0 Å². The van der Waals surface area contributed by atoms with E-state index >= 15 is 0 Å². The fourth-order valence-corrected chi connectivity index (χ4v) is 3.04. The Bertz CT molecular complexity index is 687. The van der Waals surface area contributed by atoms with E-state index < -0.39 is 0 Å². The number of nitrogens with zero attached hydrogens (tertiary/aromatic N) is 2. The summed E-state index contributed by atoms with van der Waals surface area (Å²) in [7, 11) is 0. The Morgan fingerprint density at radius 1 is 1.09 bits per heavy atom. The van der Waals surface area contributed by atoms with E-state index in [9.17, 15) is 4.79 Å². The number of pyridine rings is 1. The molecule has 3 rings (SSSR count). The van der Waals surface area contributed by atoms with E-state index in [1.807, 2.05) is 30.5 Å². The van der Waals surface area contributed by atoms with Gasteiger partial charge in [-0.05, 0) is 31.7 Å². The summed E-state index contributed by atoms with van der Waals surface area (Å²) < 4.78 is 1.43. The van der Waals surface area contributed by atoms with Crippen molar-refractivity contribution in [3.63, 3.8) is 0 Å². The van der Waals surface area contributed by atoms with Gasteiger partial charge in [-0.3, -0.25) is 4.79 Å². The highest BCUT2D eigenvalue weighted by atomic mass is 16.7. The van der Waals surface area contributed by atoms with Gasteiger partial charge in [-0.2, -0.15) is 4.73 Å². The summed E-state index contributed by atoms with van der Waals surface area (Å²) in [6.45, 7) is 4.80. The first-order valence-electron chi connectivity index (χ1n) is 8.34. The Balaban J connectivity index is 2.04. The van der Waals surface area contributed by atoms with Crippen LogP contribution in [0, 0.1) is 0 Å². The second-order valence-corrected chi connectivity index (χ2v) is 5.93. The largest absolute Gasteiger partial charge is 0.411 e. The molecular weight excluding hydrogens is 276 g/mol. The van der Waals surface area contributed by atoms with Crippen molar-refractivity contribution in [3.8, 4) is 0 Å². The maximum absolute atomic E-state index is 12.6. The van der Waals surface area contributed by atoms with Crippen molar-refractivity contribution in [1.29, 1.82) is 0 Å². The lowest BCUT2D eigenvalue weighted by Gasteiger charge is -2.30. The molecule has 0 N–H and O–H groups in total. The van der Waals surface area contributed by atoms with Crippen molar-refractivity contribution in [2.24, 2.45) is 0 Å². The summed E-state index contributed by atoms with van der Waals surface area (Å²) in [4.78, 5) is 20.7. The van der Waals surface area contributed by atoms with Crippen LogP contribution in [0.4, 0.5) is 5.69 Å². The van der Waals surface area contributed by atoms with Crippen molar-refractivity contribution in [1.82, 2.24) is 4.73 Å². The van der Waals surface area contributed by atoms with Crippen LogP contribution >= 0.6 is 0 Å². The van der Waals surface area contributed by atoms with Gasteiger partial charge in [0.05, 0.1) is 17.3 Å². The molecule has 0 unspecified atom stereocenters. The zero-order valence-corrected chi connectivity index (χ0v) is 13.3. The minimum absolute atomic E-state index is 0.0625. The number of hydrogen-bond acceptors (Lipinski definition) is 3. The number of aromatic nitrogens is 1.